The lowest BCUT2D eigenvalue weighted by molar-refractivity contribution is -0.154. The Morgan fingerprint density at radius 2 is 1.15 bits per heavy atom. The van der Waals surface area contributed by atoms with Gasteiger partial charge in [-0.1, -0.05) is 64.1 Å². The Bertz CT molecular complexity index is 2680. The maximum absolute atomic E-state index is 13.2. The number of alkyl halides is 10. The number of amides is 1. The summed E-state index contributed by atoms with van der Waals surface area (Å²) in [6.45, 7) is 9.23. The van der Waals surface area contributed by atoms with Gasteiger partial charge in [0.15, 0.2) is 0 Å². The van der Waals surface area contributed by atoms with Crippen molar-refractivity contribution in [3.63, 3.8) is 0 Å². The van der Waals surface area contributed by atoms with Gasteiger partial charge in [0, 0.05) is 37.9 Å². The van der Waals surface area contributed by atoms with Crippen LogP contribution in [-0.4, -0.2) is 53.9 Å². The van der Waals surface area contributed by atoms with Crippen LogP contribution in [0.25, 0.3) is 0 Å². The number of aryl methyl sites for hydroxylation is 2. The number of aromatic nitrogens is 4. The minimum Gasteiger partial charge on any atom is -0.478 e. The smallest absolute Gasteiger partial charge is 0.478 e. The molecule has 4 aliphatic rings. The number of hydrogen-bond donors (Lipinski definition) is 5. The summed E-state index contributed by atoms with van der Waals surface area (Å²) in [4.78, 5) is 26.3. The number of fused-ring (bicyclic) bond motifs is 10. The third kappa shape index (κ3) is 11.6. The lowest BCUT2D eigenvalue weighted by Crippen LogP contribution is -2.34. The van der Waals surface area contributed by atoms with Crippen molar-refractivity contribution in [2.24, 2.45) is 37.8 Å². The Balaban J connectivity index is 0.000000162. The van der Waals surface area contributed by atoms with E-state index in [0.717, 1.165) is 52.3 Å². The fourth-order valence-corrected chi connectivity index (χ4v) is 11.1. The zero-order chi connectivity index (χ0) is 52.6. The number of nitrogens with one attached hydrogen (secondary N) is 1. The fourth-order valence-electron chi connectivity index (χ4n) is 11.1. The fraction of sp³-hybridized carbons (Fsp3) is 0.458. The van der Waals surface area contributed by atoms with Gasteiger partial charge in [-0.3, -0.25) is 24.2 Å². The molecule has 0 spiro atoms. The second-order valence-electron chi connectivity index (χ2n) is 18.7. The van der Waals surface area contributed by atoms with E-state index in [4.69, 9.17) is 21.1 Å². The van der Waals surface area contributed by atoms with E-state index < -0.39 is 77.7 Å². The average Bonchev–Trinajstić information content (AvgIpc) is 4.16. The Morgan fingerprint density at radius 1 is 0.718 bits per heavy atom. The summed E-state index contributed by atoms with van der Waals surface area (Å²) in [6.07, 6.45) is -8.22. The third-order valence-corrected chi connectivity index (χ3v) is 13.7. The molecule has 4 aliphatic carbocycles. The molecule has 6 unspecified atom stereocenters. The first-order valence-corrected chi connectivity index (χ1v) is 22.6. The number of carboxylic acids is 1. The molecule has 0 saturated heterocycles. The van der Waals surface area contributed by atoms with Gasteiger partial charge in [0.1, 0.15) is 17.0 Å². The molecule has 2 saturated carbocycles. The predicted molar refractivity (Wildman–Crippen MR) is 242 cm³/mol. The van der Waals surface area contributed by atoms with Crippen LogP contribution >= 0.6 is 0 Å². The number of nitrogens with two attached hydrogens (primary N) is 1. The van der Waals surface area contributed by atoms with Crippen LogP contribution in [-0.2, 0) is 31.3 Å². The van der Waals surface area contributed by atoms with Crippen LogP contribution in [0, 0.1) is 23.7 Å². The zero-order valence-corrected chi connectivity index (χ0v) is 39.2. The summed E-state index contributed by atoms with van der Waals surface area (Å²) in [6, 6.07) is 12.9. The highest BCUT2D eigenvalue weighted by Crippen LogP contribution is 2.62. The second kappa shape index (κ2) is 21.4. The zero-order valence-electron chi connectivity index (χ0n) is 39.2. The number of nitrogens with zero attached hydrogens (tertiary/aromatic N) is 4. The normalized spacial score (nSPS) is 20.5. The highest BCUT2D eigenvalue weighted by Gasteiger charge is 2.49. The van der Waals surface area contributed by atoms with E-state index in [1.165, 1.54) is 60.9 Å². The Labute approximate surface area is 402 Å². The lowest BCUT2D eigenvalue weighted by Gasteiger charge is -2.21. The Kier molecular flexibility index (Phi) is 16.4. The minimum absolute atomic E-state index is 0.0660. The largest absolute Gasteiger partial charge is 0.522 e. The van der Waals surface area contributed by atoms with Crippen LogP contribution in [0.3, 0.4) is 0 Å². The average molecular weight is 1010 g/mol. The first kappa shape index (κ1) is 54.4. The predicted octanol–water partition coefficient (Wildman–Crippen LogP) is 11.3. The molecule has 1 amide bonds. The van der Waals surface area contributed by atoms with E-state index in [-0.39, 0.29) is 23.8 Å². The van der Waals surface area contributed by atoms with Crippen molar-refractivity contribution in [3.05, 3.63) is 123 Å². The van der Waals surface area contributed by atoms with Crippen molar-refractivity contribution in [2.75, 3.05) is 11.1 Å². The highest BCUT2D eigenvalue weighted by atomic mass is 19.4. The maximum Gasteiger partial charge on any atom is 0.522 e. The number of carbonyl (C=O) groups is 2. The summed E-state index contributed by atoms with van der Waals surface area (Å²) in [5.41, 5.74) is 7.73. The van der Waals surface area contributed by atoms with Gasteiger partial charge in [-0.15, -0.1) is 0 Å². The van der Waals surface area contributed by atoms with Crippen molar-refractivity contribution in [1.82, 2.24) is 19.6 Å². The van der Waals surface area contributed by atoms with E-state index in [1.54, 1.807) is 5.56 Å². The maximum atomic E-state index is 13.2. The number of nitrogen functional groups attached to an aromatic ring is 1. The van der Waals surface area contributed by atoms with Crippen molar-refractivity contribution < 1.29 is 73.7 Å². The number of anilines is 2. The number of benzene rings is 3. The topological polar surface area (TPSA) is 178 Å². The van der Waals surface area contributed by atoms with E-state index in [1.807, 2.05) is 12.1 Å². The van der Waals surface area contributed by atoms with E-state index in [2.05, 4.69) is 72.3 Å². The molecule has 3 aromatic carbocycles. The third-order valence-electron chi connectivity index (χ3n) is 13.7. The van der Waals surface area contributed by atoms with Gasteiger partial charge in [0.05, 0.1) is 16.7 Å². The molecular weight excluding hydrogens is 957 g/mol. The molecule has 4 bridgehead atoms. The van der Waals surface area contributed by atoms with Crippen LogP contribution in [0.15, 0.2) is 67.0 Å². The highest BCUT2D eigenvalue weighted by molar-refractivity contribution is 6.59. The molecule has 0 radical (unpaired) electrons. The molecule has 71 heavy (non-hydrogen) atoms. The number of rotatable bonds is 9. The van der Waals surface area contributed by atoms with Crippen molar-refractivity contribution >= 4 is 35.8 Å². The Hall–Kier alpha value is -5.94. The molecule has 9 rings (SSSR count). The van der Waals surface area contributed by atoms with E-state index >= 15 is 0 Å². The van der Waals surface area contributed by atoms with Gasteiger partial charge < -0.3 is 21.2 Å². The second-order valence-corrected chi connectivity index (χ2v) is 18.7. The molecule has 2 aromatic heterocycles. The van der Waals surface area contributed by atoms with Gasteiger partial charge >= 0.3 is 25.4 Å². The molecule has 384 valence electrons. The van der Waals surface area contributed by atoms with Crippen LogP contribution in [0.2, 0.25) is 0 Å². The van der Waals surface area contributed by atoms with Crippen LogP contribution in [0.5, 0.6) is 0 Å². The minimum atomic E-state index is -5.02. The molecule has 6 atom stereocenters. The number of hydrogen-bond acceptors (Lipinski definition) is 8. The molecule has 2 heterocycles. The molecule has 5 aromatic rings. The quantitative estimate of drug-likeness (QED) is 0.0316. The lowest BCUT2D eigenvalue weighted by atomic mass is 9.78. The summed E-state index contributed by atoms with van der Waals surface area (Å²) in [5, 5.41) is 35.3. The SMILES string of the molecule is CC(C)C1C2CCC1c1c(N)cccc12.CC(C)C1C2CCC1c1c(NC(=O)c3cn(C)nc3C(F)F)cccc12.Cn1cc(C(=O)O)c(C(F)F)n1.OOB(O)c1cc(C(F)(F)F)cc(C(F)(F)F)c1. The molecule has 12 nitrogen and oxygen atoms in total. The summed E-state index contributed by atoms with van der Waals surface area (Å²) in [5.74, 6) is 3.44. The standard InChI is InChI=1S/C20H23F2N3O.C14H19N.C8H5BF6O3.C6H6F2N2O2/c1-10(2)16-12-7-8-13(16)17-11(12)5-4-6-15(17)23-20(26)14-9-25(3)24-18(14)19(21)22;1-8(2)13-10-6-7-11(13)14-9(10)4-3-5-12(14)15;10-7(11,12)4-1-5(8(13,14)15)3-6(2-4)9(16)18-17;1-10-2-3(6(11)12)4(9-10)5(7)8/h4-6,9-10,12-13,16,19H,7-8H2,1-3H3,(H,23,26);3-5,8,10-11,13H,6-7,15H2,1-2H3;1-3,16-17H;2,5H,1H3,(H,11,12). The summed E-state index contributed by atoms with van der Waals surface area (Å²) in [7, 11) is 0.626. The van der Waals surface area contributed by atoms with Gasteiger partial charge in [-0.05, 0) is 119 Å². The molecular formula is C48H53BF10N6O6. The number of aromatic carboxylic acids is 1. The van der Waals surface area contributed by atoms with Gasteiger partial charge in [0.25, 0.3) is 18.8 Å². The Morgan fingerprint density at radius 3 is 1.58 bits per heavy atom. The van der Waals surface area contributed by atoms with E-state index in [9.17, 15) is 53.5 Å². The van der Waals surface area contributed by atoms with E-state index in [0.29, 0.717) is 23.7 Å². The number of carboxylic acid groups (broad SMARTS) is 1. The molecule has 2 fully saturated rings. The van der Waals surface area contributed by atoms with Gasteiger partial charge in [-0.2, -0.15) is 36.5 Å². The van der Waals surface area contributed by atoms with Crippen LogP contribution < -0.4 is 16.5 Å². The molecule has 0 aliphatic heterocycles. The summed E-state index contributed by atoms with van der Waals surface area (Å²) < 4.78 is 127. The first-order valence-electron chi connectivity index (χ1n) is 22.6. The summed E-state index contributed by atoms with van der Waals surface area (Å²) >= 11 is 0. The van der Waals surface area contributed by atoms with Crippen molar-refractivity contribution in [3.8, 4) is 0 Å². The van der Waals surface area contributed by atoms with Gasteiger partial charge in [-0.25, -0.2) is 22.4 Å². The number of carbonyl (C=O) groups excluding carboxylic acids is 1. The van der Waals surface area contributed by atoms with Crippen molar-refractivity contribution in [1.29, 1.82) is 0 Å². The molecule has 23 heteroatoms. The monoisotopic (exact) mass is 1010 g/mol. The number of halogens is 10. The van der Waals surface area contributed by atoms with Crippen LogP contribution in [0.1, 0.15) is 155 Å². The van der Waals surface area contributed by atoms with Crippen molar-refractivity contribution in [2.45, 2.75) is 102 Å². The van der Waals surface area contributed by atoms with Crippen LogP contribution in [0.4, 0.5) is 55.3 Å². The first-order chi connectivity index (χ1) is 33.2. The molecule has 6 N–H and O–H groups in total. The van der Waals surface area contributed by atoms with Gasteiger partial charge in [0.2, 0.25) is 0 Å².